The van der Waals surface area contributed by atoms with Gasteiger partial charge in [-0.1, -0.05) is 24.3 Å². The van der Waals surface area contributed by atoms with E-state index in [0.717, 1.165) is 29.7 Å². The van der Waals surface area contributed by atoms with Gasteiger partial charge in [0.25, 0.3) is 0 Å². The van der Waals surface area contributed by atoms with Crippen molar-refractivity contribution in [1.82, 2.24) is 10.2 Å². The number of hydrogen-bond donors (Lipinski definition) is 3. The normalized spacial score (nSPS) is 13.7. The number of nitrogens with one attached hydrogen (secondary N) is 3. The molecule has 2 aromatic carbocycles. The second-order valence-electron chi connectivity index (χ2n) is 5.47. The van der Waals surface area contributed by atoms with Crippen LogP contribution in [0.5, 0.6) is 0 Å². The first-order chi connectivity index (χ1) is 10.4. The first kappa shape index (κ1) is 12.3. The van der Waals surface area contributed by atoms with Crippen molar-refractivity contribution in [2.45, 2.75) is 19.4 Å². The van der Waals surface area contributed by atoms with Gasteiger partial charge in [0.1, 0.15) is 0 Å². The van der Waals surface area contributed by atoms with Crippen molar-refractivity contribution < 1.29 is 0 Å². The number of nitrogens with zero attached hydrogens (tertiary/aromatic N) is 1. The summed E-state index contributed by atoms with van der Waals surface area (Å²) in [5, 5.41) is 15.3. The van der Waals surface area contributed by atoms with E-state index in [4.69, 9.17) is 0 Å². The molecule has 1 aliphatic heterocycles. The van der Waals surface area contributed by atoms with E-state index in [2.05, 4.69) is 45.1 Å². The van der Waals surface area contributed by atoms with E-state index in [1.54, 1.807) is 0 Å². The monoisotopic (exact) mass is 278 g/mol. The van der Waals surface area contributed by atoms with Crippen LogP contribution in [0.15, 0.2) is 42.6 Å². The molecule has 4 heteroatoms. The zero-order valence-electron chi connectivity index (χ0n) is 11.8. The molecule has 0 bridgehead atoms. The van der Waals surface area contributed by atoms with E-state index in [9.17, 15) is 0 Å². The average Bonchev–Trinajstić information content (AvgIpc) is 3.02. The molecule has 1 aromatic heterocycles. The number of fused-ring (bicyclic) bond motifs is 2. The summed E-state index contributed by atoms with van der Waals surface area (Å²) in [7, 11) is 0. The summed E-state index contributed by atoms with van der Waals surface area (Å²) in [6, 6.07) is 12.8. The van der Waals surface area contributed by atoms with Crippen LogP contribution in [0, 0.1) is 0 Å². The Labute approximate surface area is 123 Å². The molecule has 106 valence electrons. The highest BCUT2D eigenvalue weighted by Gasteiger charge is 2.12. The van der Waals surface area contributed by atoms with E-state index in [-0.39, 0.29) is 0 Å². The van der Waals surface area contributed by atoms with Crippen LogP contribution in [0.4, 0.5) is 11.4 Å². The van der Waals surface area contributed by atoms with Crippen molar-refractivity contribution in [3.8, 4) is 0 Å². The molecule has 0 atom stereocenters. The van der Waals surface area contributed by atoms with Crippen LogP contribution in [-0.2, 0) is 13.0 Å². The number of hydrogen-bond acceptors (Lipinski definition) is 3. The SMILES string of the molecule is c1cc2c(c(CNc3cccc4[nH]ncc34)c1)NCCC2. The zero-order valence-corrected chi connectivity index (χ0v) is 11.8. The lowest BCUT2D eigenvalue weighted by Crippen LogP contribution is -2.15. The number of benzene rings is 2. The number of aromatic amines is 1. The molecular formula is C17H18N4. The standard InChI is InChI=1S/C17H18N4/c1-4-12-6-3-9-18-17(12)13(5-1)10-19-15-7-2-8-16-14(15)11-20-21-16/h1-2,4-5,7-8,11,18-19H,3,6,9-10H2,(H,20,21). The van der Waals surface area contributed by atoms with Gasteiger partial charge in [0.2, 0.25) is 0 Å². The Morgan fingerprint density at radius 2 is 2.10 bits per heavy atom. The van der Waals surface area contributed by atoms with Crippen molar-refractivity contribution in [2.75, 3.05) is 17.2 Å². The van der Waals surface area contributed by atoms with Crippen molar-refractivity contribution in [3.63, 3.8) is 0 Å². The number of H-pyrrole nitrogens is 1. The summed E-state index contributed by atoms with van der Waals surface area (Å²) in [5.74, 6) is 0. The largest absolute Gasteiger partial charge is 0.385 e. The van der Waals surface area contributed by atoms with Crippen LogP contribution in [0.25, 0.3) is 10.9 Å². The van der Waals surface area contributed by atoms with Gasteiger partial charge < -0.3 is 10.6 Å². The molecule has 0 aliphatic carbocycles. The van der Waals surface area contributed by atoms with Gasteiger partial charge in [-0.3, -0.25) is 5.10 Å². The fraction of sp³-hybridized carbons (Fsp3) is 0.235. The van der Waals surface area contributed by atoms with Crippen molar-refractivity contribution in [1.29, 1.82) is 0 Å². The fourth-order valence-corrected chi connectivity index (χ4v) is 3.04. The summed E-state index contributed by atoms with van der Waals surface area (Å²) in [6.07, 6.45) is 4.27. The molecule has 2 heterocycles. The Morgan fingerprint density at radius 3 is 3.10 bits per heavy atom. The summed E-state index contributed by atoms with van der Waals surface area (Å²) >= 11 is 0. The van der Waals surface area contributed by atoms with Crippen LogP contribution < -0.4 is 10.6 Å². The average molecular weight is 278 g/mol. The minimum absolute atomic E-state index is 0.820. The maximum absolute atomic E-state index is 4.11. The van der Waals surface area contributed by atoms with Gasteiger partial charge in [0, 0.05) is 29.9 Å². The molecule has 3 aromatic rings. The highest BCUT2D eigenvalue weighted by atomic mass is 15.1. The lowest BCUT2D eigenvalue weighted by Gasteiger charge is -2.21. The van der Waals surface area contributed by atoms with E-state index in [0.29, 0.717) is 0 Å². The summed E-state index contributed by atoms with van der Waals surface area (Å²) in [4.78, 5) is 0. The third kappa shape index (κ3) is 2.23. The van der Waals surface area contributed by atoms with Gasteiger partial charge >= 0.3 is 0 Å². The quantitative estimate of drug-likeness (QED) is 0.687. The molecule has 3 N–H and O–H groups in total. The number of anilines is 2. The highest BCUT2D eigenvalue weighted by molar-refractivity contribution is 5.90. The van der Waals surface area contributed by atoms with Gasteiger partial charge in [-0.15, -0.1) is 0 Å². The Kier molecular flexibility index (Phi) is 2.99. The van der Waals surface area contributed by atoms with Gasteiger partial charge in [-0.25, -0.2) is 0 Å². The molecule has 0 spiro atoms. The van der Waals surface area contributed by atoms with Crippen LogP contribution in [-0.4, -0.2) is 16.7 Å². The second-order valence-corrected chi connectivity index (χ2v) is 5.47. The van der Waals surface area contributed by atoms with E-state index in [1.165, 1.54) is 29.7 Å². The first-order valence-electron chi connectivity index (χ1n) is 7.42. The van der Waals surface area contributed by atoms with Crippen molar-refractivity contribution in [3.05, 3.63) is 53.7 Å². The minimum Gasteiger partial charge on any atom is -0.385 e. The van der Waals surface area contributed by atoms with Gasteiger partial charge in [-0.2, -0.15) is 5.10 Å². The van der Waals surface area contributed by atoms with Crippen molar-refractivity contribution >= 4 is 22.3 Å². The Hall–Kier alpha value is -2.49. The van der Waals surface area contributed by atoms with Crippen LogP contribution in [0.2, 0.25) is 0 Å². The van der Waals surface area contributed by atoms with E-state index >= 15 is 0 Å². The number of aryl methyl sites for hydroxylation is 1. The minimum atomic E-state index is 0.820. The fourth-order valence-electron chi connectivity index (χ4n) is 3.04. The lowest BCUT2D eigenvalue weighted by atomic mass is 9.99. The topological polar surface area (TPSA) is 52.7 Å². The van der Waals surface area contributed by atoms with Gasteiger partial charge in [0.05, 0.1) is 11.7 Å². The molecule has 4 rings (SSSR count). The Balaban J connectivity index is 1.61. The second kappa shape index (κ2) is 5.13. The van der Waals surface area contributed by atoms with Crippen LogP contribution in [0.1, 0.15) is 17.5 Å². The Morgan fingerprint density at radius 1 is 1.14 bits per heavy atom. The maximum atomic E-state index is 4.11. The highest BCUT2D eigenvalue weighted by Crippen LogP contribution is 2.28. The van der Waals surface area contributed by atoms with Crippen LogP contribution >= 0.6 is 0 Å². The van der Waals surface area contributed by atoms with E-state index < -0.39 is 0 Å². The number of aromatic nitrogens is 2. The molecule has 0 saturated carbocycles. The summed E-state index contributed by atoms with van der Waals surface area (Å²) in [6.45, 7) is 1.89. The predicted octanol–water partition coefficient (Wildman–Crippen LogP) is 3.53. The maximum Gasteiger partial charge on any atom is 0.0671 e. The number of para-hydroxylation sites is 1. The van der Waals surface area contributed by atoms with Gasteiger partial charge in [-0.05, 0) is 36.1 Å². The molecule has 21 heavy (non-hydrogen) atoms. The third-order valence-corrected chi connectivity index (χ3v) is 4.12. The lowest BCUT2D eigenvalue weighted by molar-refractivity contribution is 0.825. The molecule has 0 unspecified atom stereocenters. The molecule has 1 aliphatic rings. The van der Waals surface area contributed by atoms with Gasteiger partial charge in [0.15, 0.2) is 0 Å². The third-order valence-electron chi connectivity index (χ3n) is 4.12. The first-order valence-corrected chi connectivity index (χ1v) is 7.42. The predicted molar refractivity (Wildman–Crippen MR) is 86.7 cm³/mol. The summed E-state index contributed by atoms with van der Waals surface area (Å²) in [5.41, 5.74) is 6.26. The number of rotatable bonds is 3. The molecule has 0 amide bonds. The zero-order chi connectivity index (χ0) is 14.1. The summed E-state index contributed by atoms with van der Waals surface area (Å²) < 4.78 is 0. The molecule has 0 fully saturated rings. The molecule has 0 saturated heterocycles. The van der Waals surface area contributed by atoms with Crippen molar-refractivity contribution in [2.24, 2.45) is 0 Å². The van der Waals surface area contributed by atoms with E-state index in [1.807, 2.05) is 18.3 Å². The Bertz CT molecular complexity index is 775. The molecule has 0 radical (unpaired) electrons. The van der Waals surface area contributed by atoms with Crippen LogP contribution in [0.3, 0.4) is 0 Å². The molecule has 4 nitrogen and oxygen atoms in total. The molecular weight excluding hydrogens is 260 g/mol. The smallest absolute Gasteiger partial charge is 0.0671 e.